The summed E-state index contributed by atoms with van der Waals surface area (Å²) in [5, 5.41) is 8.14. The molecule has 154 valence electrons. The Bertz CT molecular complexity index is 1240. The van der Waals surface area contributed by atoms with Gasteiger partial charge in [-0.25, -0.2) is 14.3 Å². The lowest BCUT2D eigenvalue weighted by Crippen LogP contribution is -2.43. The van der Waals surface area contributed by atoms with E-state index >= 15 is 0 Å². The summed E-state index contributed by atoms with van der Waals surface area (Å²) in [6.45, 7) is 0. The van der Waals surface area contributed by atoms with Gasteiger partial charge in [-0.1, -0.05) is 48.5 Å². The Morgan fingerprint density at radius 3 is 2.13 bits per heavy atom. The van der Waals surface area contributed by atoms with E-state index in [1.54, 1.807) is 4.68 Å². The van der Waals surface area contributed by atoms with E-state index < -0.39 is 11.8 Å². The Balaban J connectivity index is 1.58. The number of nitrogens with zero attached hydrogens (tertiary/aromatic N) is 5. The van der Waals surface area contributed by atoms with Crippen molar-refractivity contribution in [2.45, 2.75) is 0 Å². The third-order valence-electron chi connectivity index (χ3n) is 4.33. The predicted molar refractivity (Wildman–Crippen MR) is 111 cm³/mol. The molecule has 0 spiro atoms. The van der Waals surface area contributed by atoms with Gasteiger partial charge in [0.05, 0.1) is 5.69 Å². The van der Waals surface area contributed by atoms with Crippen LogP contribution in [-0.4, -0.2) is 36.4 Å². The smallest absolute Gasteiger partial charge is 0.268 e. The van der Waals surface area contributed by atoms with Crippen LogP contribution in [0.25, 0.3) is 17.1 Å². The molecule has 10 nitrogen and oxygen atoms in total. The fourth-order valence-corrected chi connectivity index (χ4v) is 2.79. The number of benzene rings is 2. The molecule has 2 aromatic heterocycles. The summed E-state index contributed by atoms with van der Waals surface area (Å²) in [5.74, 6) is -1.04. The number of nitrogens with one attached hydrogen (secondary N) is 2. The SMILES string of the molecule is Cn1nc(C(=O)NNC(=O)c2nc(-c3ccccc3)n(-c3ccccc3)n2)ccc1=O. The van der Waals surface area contributed by atoms with Gasteiger partial charge >= 0.3 is 5.91 Å². The molecular weight excluding hydrogens is 398 g/mol. The van der Waals surface area contributed by atoms with Gasteiger partial charge in [0.15, 0.2) is 11.5 Å². The maximum absolute atomic E-state index is 12.6. The van der Waals surface area contributed by atoms with E-state index in [0.29, 0.717) is 5.82 Å². The van der Waals surface area contributed by atoms with E-state index in [0.717, 1.165) is 15.9 Å². The van der Waals surface area contributed by atoms with Gasteiger partial charge in [0.25, 0.3) is 11.5 Å². The van der Waals surface area contributed by atoms with Crippen LogP contribution in [0.1, 0.15) is 21.1 Å². The second kappa shape index (κ2) is 8.41. The lowest BCUT2D eigenvalue weighted by molar-refractivity contribution is 0.0837. The third kappa shape index (κ3) is 4.22. The molecule has 10 heteroatoms. The first-order valence-corrected chi connectivity index (χ1v) is 9.26. The van der Waals surface area contributed by atoms with Crippen molar-refractivity contribution in [1.29, 1.82) is 0 Å². The molecule has 0 aliphatic carbocycles. The van der Waals surface area contributed by atoms with E-state index in [9.17, 15) is 14.4 Å². The van der Waals surface area contributed by atoms with Crippen molar-refractivity contribution < 1.29 is 9.59 Å². The quantitative estimate of drug-likeness (QED) is 0.481. The van der Waals surface area contributed by atoms with Crippen molar-refractivity contribution in [2.75, 3.05) is 0 Å². The Morgan fingerprint density at radius 2 is 1.45 bits per heavy atom. The third-order valence-corrected chi connectivity index (χ3v) is 4.33. The fraction of sp³-hybridized carbons (Fsp3) is 0.0476. The summed E-state index contributed by atoms with van der Waals surface area (Å²) in [7, 11) is 1.42. The summed E-state index contributed by atoms with van der Waals surface area (Å²) in [5.41, 5.74) is 5.63. The summed E-state index contributed by atoms with van der Waals surface area (Å²) in [4.78, 5) is 40.6. The van der Waals surface area contributed by atoms with Crippen molar-refractivity contribution in [2.24, 2.45) is 7.05 Å². The highest BCUT2D eigenvalue weighted by Crippen LogP contribution is 2.20. The van der Waals surface area contributed by atoms with Crippen LogP contribution in [0.3, 0.4) is 0 Å². The van der Waals surface area contributed by atoms with Crippen LogP contribution in [0.5, 0.6) is 0 Å². The number of carbonyl (C=O) groups is 2. The minimum atomic E-state index is -0.704. The van der Waals surface area contributed by atoms with E-state index in [1.165, 1.54) is 19.2 Å². The van der Waals surface area contributed by atoms with Crippen molar-refractivity contribution in [1.82, 2.24) is 35.4 Å². The Labute approximate surface area is 176 Å². The van der Waals surface area contributed by atoms with Crippen LogP contribution >= 0.6 is 0 Å². The number of rotatable bonds is 4. The van der Waals surface area contributed by atoms with E-state index in [1.807, 2.05) is 60.7 Å². The van der Waals surface area contributed by atoms with Gasteiger partial charge in [-0.15, -0.1) is 5.10 Å². The molecule has 0 aliphatic rings. The number of aromatic nitrogens is 5. The van der Waals surface area contributed by atoms with Gasteiger partial charge in [0.2, 0.25) is 5.82 Å². The van der Waals surface area contributed by atoms with Crippen LogP contribution < -0.4 is 16.4 Å². The monoisotopic (exact) mass is 415 g/mol. The number of amides is 2. The summed E-state index contributed by atoms with van der Waals surface area (Å²) in [6.07, 6.45) is 0. The van der Waals surface area contributed by atoms with Crippen LogP contribution in [0.15, 0.2) is 77.6 Å². The molecule has 2 heterocycles. The zero-order valence-electron chi connectivity index (χ0n) is 16.4. The highest BCUT2D eigenvalue weighted by Gasteiger charge is 2.19. The fourth-order valence-electron chi connectivity index (χ4n) is 2.79. The molecule has 31 heavy (non-hydrogen) atoms. The van der Waals surface area contributed by atoms with E-state index in [-0.39, 0.29) is 17.1 Å². The predicted octanol–water partition coefficient (Wildman–Crippen LogP) is 1.10. The van der Waals surface area contributed by atoms with Crippen molar-refractivity contribution in [3.63, 3.8) is 0 Å². The molecule has 0 saturated heterocycles. The standard InChI is InChI=1S/C21H17N7O3/c1-27-17(29)13-12-16(25-27)20(30)23-24-21(31)18-22-19(14-8-4-2-5-9-14)28(26-18)15-10-6-3-7-11-15/h2-13H,1H3,(H,23,30)(H,24,31). The number of hydrogen-bond donors (Lipinski definition) is 2. The molecule has 0 radical (unpaired) electrons. The van der Waals surface area contributed by atoms with Crippen molar-refractivity contribution >= 4 is 11.8 Å². The topological polar surface area (TPSA) is 124 Å². The average molecular weight is 415 g/mol. The Kier molecular flexibility index (Phi) is 5.35. The lowest BCUT2D eigenvalue weighted by Gasteiger charge is -2.05. The maximum Gasteiger partial charge on any atom is 0.309 e. The molecule has 2 aromatic carbocycles. The van der Waals surface area contributed by atoms with Gasteiger partial charge in [0.1, 0.15) is 0 Å². The second-order valence-corrected chi connectivity index (χ2v) is 6.46. The zero-order valence-corrected chi connectivity index (χ0v) is 16.4. The number of para-hydroxylation sites is 1. The summed E-state index contributed by atoms with van der Waals surface area (Å²) < 4.78 is 2.58. The minimum Gasteiger partial charge on any atom is -0.268 e. The molecule has 0 fully saturated rings. The van der Waals surface area contributed by atoms with Crippen LogP contribution in [0, 0.1) is 0 Å². The van der Waals surface area contributed by atoms with E-state index in [4.69, 9.17) is 0 Å². The van der Waals surface area contributed by atoms with Crippen molar-refractivity contribution in [3.8, 4) is 17.1 Å². The van der Waals surface area contributed by atoms with Gasteiger partial charge in [-0.2, -0.15) is 5.10 Å². The normalized spacial score (nSPS) is 10.5. The van der Waals surface area contributed by atoms with Crippen LogP contribution in [-0.2, 0) is 7.05 Å². The highest BCUT2D eigenvalue weighted by atomic mass is 16.2. The van der Waals surface area contributed by atoms with Gasteiger partial charge < -0.3 is 0 Å². The first kappa shape index (κ1) is 19.7. The molecule has 0 saturated carbocycles. The van der Waals surface area contributed by atoms with Gasteiger partial charge in [-0.3, -0.25) is 25.2 Å². The molecule has 0 bridgehead atoms. The number of hydrazine groups is 1. The lowest BCUT2D eigenvalue weighted by atomic mass is 10.2. The average Bonchev–Trinajstić information content (AvgIpc) is 3.26. The van der Waals surface area contributed by atoms with Crippen molar-refractivity contribution in [3.05, 3.63) is 94.7 Å². The minimum absolute atomic E-state index is 0.0323. The van der Waals surface area contributed by atoms with E-state index in [2.05, 4.69) is 26.0 Å². The first-order chi connectivity index (χ1) is 15.0. The number of carbonyl (C=O) groups excluding carboxylic acids is 2. The molecule has 0 unspecified atom stereocenters. The Morgan fingerprint density at radius 1 is 0.806 bits per heavy atom. The first-order valence-electron chi connectivity index (χ1n) is 9.26. The molecule has 4 rings (SSSR count). The molecule has 0 atom stereocenters. The zero-order chi connectivity index (χ0) is 21.8. The molecule has 2 amide bonds. The second-order valence-electron chi connectivity index (χ2n) is 6.46. The molecule has 4 aromatic rings. The molecule has 2 N–H and O–H groups in total. The molecule has 0 aliphatic heterocycles. The number of hydrogen-bond acceptors (Lipinski definition) is 6. The van der Waals surface area contributed by atoms with Gasteiger partial charge in [-0.05, 0) is 18.2 Å². The molecular formula is C21H17N7O3. The highest BCUT2D eigenvalue weighted by molar-refractivity contribution is 5.96. The summed E-state index contributed by atoms with van der Waals surface area (Å²) >= 11 is 0. The maximum atomic E-state index is 12.6. The van der Waals surface area contributed by atoms with Gasteiger partial charge in [0, 0.05) is 18.7 Å². The Hall–Kier alpha value is -4.60. The number of aryl methyl sites for hydroxylation is 1. The summed E-state index contributed by atoms with van der Waals surface area (Å²) in [6, 6.07) is 21.1. The van der Waals surface area contributed by atoms with Crippen LogP contribution in [0.2, 0.25) is 0 Å². The van der Waals surface area contributed by atoms with Crippen LogP contribution in [0.4, 0.5) is 0 Å². The largest absolute Gasteiger partial charge is 0.309 e.